The van der Waals surface area contributed by atoms with Crippen LogP contribution in [0.4, 0.5) is 5.13 Å². The van der Waals surface area contributed by atoms with Crippen molar-refractivity contribution in [2.45, 2.75) is 51.3 Å². The monoisotopic (exact) mass is 444 g/mol. The van der Waals surface area contributed by atoms with Crippen LogP contribution in [0.2, 0.25) is 0 Å². The number of nitrogens with zero attached hydrogens (tertiary/aromatic N) is 5. The molecule has 0 radical (unpaired) electrons. The van der Waals surface area contributed by atoms with Crippen molar-refractivity contribution in [2.24, 2.45) is 0 Å². The van der Waals surface area contributed by atoms with E-state index in [1.165, 1.54) is 23.1 Å². The Morgan fingerprint density at radius 3 is 2.63 bits per heavy atom. The highest BCUT2D eigenvalue weighted by Gasteiger charge is 2.21. The van der Waals surface area contributed by atoms with Gasteiger partial charge in [0.2, 0.25) is 11.0 Å². The summed E-state index contributed by atoms with van der Waals surface area (Å²) < 4.78 is 7.93. The van der Waals surface area contributed by atoms with E-state index in [9.17, 15) is 4.79 Å². The second-order valence-corrected chi connectivity index (χ2v) is 9.17. The molecule has 0 fully saturated rings. The highest BCUT2D eigenvalue weighted by molar-refractivity contribution is 8.00. The van der Waals surface area contributed by atoms with Crippen LogP contribution in [0, 0.1) is 20.8 Å². The molecule has 0 bridgehead atoms. The number of thioether (sulfide) groups is 1. The lowest BCUT2D eigenvalue weighted by Gasteiger charge is -2.13. The van der Waals surface area contributed by atoms with Crippen LogP contribution in [0.15, 0.2) is 36.0 Å². The van der Waals surface area contributed by atoms with Gasteiger partial charge in [0.15, 0.2) is 11.0 Å². The number of carbonyl (C=O) groups is 1. The molecule has 0 saturated carbocycles. The summed E-state index contributed by atoms with van der Waals surface area (Å²) in [5.41, 5.74) is 2.13. The average molecular weight is 445 g/mol. The zero-order chi connectivity index (χ0) is 21.7. The van der Waals surface area contributed by atoms with Gasteiger partial charge in [0.25, 0.3) is 0 Å². The molecule has 3 rings (SSSR count). The van der Waals surface area contributed by atoms with Crippen LogP contribution >= 0.6 is 23.1 Å². The van der Waals surface area contributed by atoms with Gasteiger partial charge in [0.1, 0.15) is 17.4 Å². The Hall–Kier alpha value is -2.72. The summed E-state index contributed by atoms with van der Waals surface area (Å²) in [6.07, 6.45) is 1.77. The van der Waals surface area contributed by atoms with Crippen LogP contribution in [-0.2, 0) is 17.9 Å². The van der Waals surface area contributed by atoms with Crippen LogP contribution in [0.5, 0.6) is 5.75 Å². The first-order valence-electron chi connectivity index (χ1n) is 9.38. The molecule has 10 heteroatoms. The minimum Gasteiger partial charge on any atom is -0.485 e. The van der Waals surface area contributed by atoms with Crippen LogP contribution in [-0.4, -0.2) is 36.1 Å². The molecule has 8 nitrogen and oxygen atoms in total. The number of allylic oxidation sites excluding steroid dienone is 1. The molecule has 30 heavy (non-hydrogen) atoms. The number of rotatable bonds is 9. The van der Waals surface area contributed by atoms with Gasteiger partial charge in [-0.05, 0) is 38.8 Å². The summed E-state index contributed by atoms with van der Waals surface area (Å²) >= 11 is 2.66. The maximum atomic E-state index is 12.5. The molecule has 3 aromatic rings. The average Bonchev–Trinajstić information content (AvgIpc) is 3.28. The molecule has 2 aromatic heterocycles. The van der Waals surface area contributed by atoms with Gasteiger partial charge in [-0.15, -0.1) is 27.0 Å². The van der Waals surface area contributed by atoms with Crippen molar-refractivity contribution in [1.82, 2.24) is 25.0 Å². The Kier molecular flexibility index (Phi) is 7.22. The molecule has 0 saturated heterocycles. The van der Waals surface area contributed by atoms with Crippen LogP contribution in [0.3, 0.4) is 0 Å². The minimum atomic E-state index is -0.394. The zero-order valence-electron chi connectivity index (χ0n) is 17.4. The van der Waals surface area contributed by atoms with E-state index in [4.69, 9.17) is 4.74 Å². The maximum Gasteiger partial charge on any atom is 0.239 e. The highest BCUT2D eigenvalue weighted by Crippen LogP contribution is 2.26. The SMILES string of the molecule is C=CCn1c(COc2c(C)cccc2C)nnc1SC(C)C(=O)Nc1nnc(C)s1. The first-order chi connectivity index (χ1) is 14.4. The van der Waals surface area contributed by atoms with Crippen LogP contribution in [0.25, 0.3) is 0 Å². The number of amides is 1. The molecule has 1 unspecified atom stereocenters. The fourth-order valence-electron chi connectivity index (χ4n) is 2.75. The Morgan fingerprint density at radius 2 is 2.00 bits per heavy atom. The fraction of sp³-hybridized carbons (Fsp3) is 0.350. The van der Waals surface area contributed by atoms with Crippen molar-refractivity contribution in [1.29, 1.82) is 0 Å². The molecular weight excluding hydrogens is 420 g/mol. The number of para-hydroxylation sites is 1. The van der Waals surface area contributed by atoms with Crippen molar-refractivity contribution in [3.05, 3.63) is 52.8 Å². The van der Waals surface area contributed by atoms with E-state index >= 15 is 0 Å². The largest absolute Gasteiger partial charge is 0.485 e. The van der Waals surface area contributed by atoms with Gasteiger partial charge in [-0.3, -0.25) is 14.7 Å². The highest BCUT2D eigenvalue weighted by atomic mass is 32.2. The maximum absolute atomic E-state index is 12.5. The predicted octanol–water partition coefficient (Wildman–Crippen LogP) is 3.94. The van der Waals surface area contributed by atoms with E-state index < -0.39 is 5.25 Å². The first kappa shape index (κ1) is 22.0. The van der Waals surface area contributed by atoms with Gasteiger partial charge in [-0.1, -0.05) is 47.4 Å². The summed E-state index contributed by atoms with van der Waals surface area (Å²) in [5, 5.41) is 20.7. The van der Waals surface area contributed by atoms with Gasteiger partial charge in [-0.25, -0.2) is 0 Å². The Bertz CT molecular complexity index is 1030. The van der Waals surface area contributed by atoms with Crippen molar-refractivity contribution < 1.29 is 9.53 Å². The minimum absolute atomic E-state index is 0.169. The van der Waals surface area contributed by atoms with Gasteiger partial charge in [-0.2, -0.15) is 0 Å². The summed E-state index contributed by atoms with van der Waals surface area (Å²) in [4.78, 5) is 12.5. The van der Waals surface area contributed by atoms with E-state index in [2.05, 4.69) is 32.3 Å². The van der Waals surface area contributed by atoms with E-state index in [-0.39, 0.29) is 12.5 Å². The Labute approximate surface area is 183 Å². The lowest BCUT2D eigenvalue weighted by molar-refractivity contribution is -0.115. The number of benzene rings is 1. The van der Waals surface area contributed by atoms with Gasteiger partial charge in [0, 0.05) is 6.54 Å². The first-order valence-corrected chi connectivity index (χ1v) is 11.1. The molecular formula is C20H24N6O2S2. The second kappa shape index (κ2) is 9.86. The Morgan fingerprint density at radius 1 is 1.27 bits per heavy atom. The van der Waals surface area contributed by atoms with E-state index in [1.54, 1.807) is 6.08 Å². The molecule has 2 heterocycles. The van der Waals surface area contributed by atoms with E-state index in [1.807, 2.05) is 50.5 Å². The summed E-state index contributed by atoms with van der Waals surface area (Å²) in [6, 6.07) is 6.03. The molecule has 1 aromatic carbocycles. The summed E-state index contributed by atoms with van der Waals surface area (Å²) in [7, 11) is 0. The van der Waals surface area contributed by atoms with E-state index in [0.717, 1.165) is 21.9 Å². The molecule has 1 N–H and O–H groups in total. The van der Waals surface area contributed by atoms with Crippen molar-refractivity contribution in [2.75, 3.05) is 5.32 Å². The molecule has 0 spiro atoms. The van der Waals surface area contributed by atoms with Gasteiger partial charge >= 0.3 is 0 Å². The number of hydrogen-bond donors (Lipinski definition) is 1. The molecule has 1 atom stereocenters. The predicted molar refractivity (Wildman–Crippen MR) is 119 cm³/mol. The summed E-state index contributed by atoms with van der Waals surface area (Å²) in [6.45, 7) is 12.3. The smallest absolute Gasteiger partial charge is 0.239 e. The molecule has 1 amide bonds. The third kappa shape index (κ3) is 5.25. The third-order valence-corrected chi connectivity index (χ3v) is 6.10. The number of anilines is 1. The van der Waals surface area contributed by atoms with E-state index in [0.29, 0.717) is 22.7 Å². The lowest BCUT2D eigenvalue weighted by atomic mass is 10.1. The second-order valence-electron chi connectivity index (χ2n) is 6.68. The normalized spacial score (nSPS) is 11.9. The van der Waals surface area contributed by atoms with Crippen molar-refractivity contribution in [3.8, 4) is 5.75 Å². The summed E-state index contributed by atoms with van der Waals surface area (Å²) in [5.74, 6) is 1.35. The molecule has 0 aliphatic heterocycles. The van der Waals surface area contributed by atoms with Crippen molar-refractivity contribution >= 4 is 34.1 Å². The lowest BCUT2D eigenvalue weighted by Crippen LogP contribution is -2.23. The van der Waals surface area contributed by atoms with Crippen LogP contribution in [0.1, 0.15) is 28.9 Å². The molecule has 158 valence electrons. The van der Waals surface area contributed by atoms with Crippen LogP contribution < -0.4 is 10.1 Å². The topological polar surface area (TPSA) is 94.8 Å². The number of ether oxygens (including phenoxy) is 1. The number of hydrogen-bond acceptors (Lipinski definition) is 8. The Balaban J connectivity index is 1.70. The number of aromatic nitrogens is 5. The van der Waals surface area contributed by atoms with Gasteiger partial charge < -0.3 is 4.74 Å². The zero-order valence-corrected chi connectivity index (χ0v) is 19.0. The standard InChI is InChI=1S/C20H24N6O2S2/c1-6-10-26-16(11-28-17-12(2)8-7-9-13(17)3)23-25-20(26)29-14(4)18(27)21-19-24-22-15(5)30-19/h6-9,14H,1,10-11H2,2-5H3,(H,21,24,27). The molecule has 0 aliphatic rings. The number of aryl methyl sites for hydroxylation is 3. The van der Waals surface area contributed by atoms with Crippen molar-refractivity contribution in [3.63, 3.8) is 0 Å². The van der Waals surface area contributed by atoms with Gasteiger partial charge in [0.05, 0.1) is 5.25 Å². The number of nitrogens with one attached hydrogen (secondary N) is 1. The number of carbonyl (C=O) groups excluding carboxylic acids is 1. The third-order valence-electron chi connectivity index (χ3n) is 4.27. The fourth-order valence-corrected chi connectivity index (χ4v) is 4.23. The molecule has 0 aliphatic carbocycles. The quantitative estimate of drug-likeness (QED) is 0.394.